The summed E-state index contributed by atoms with van der Waals surface area (Å²) in [5.41, 5.74) is 4.77. The van der Waals surface area contributed by atoms with Crippen LogP contribution in [0.25, 0.3) is 5.82 Å². The zero-order valence-electron chi connectivity index (χ0n) is 19.8. The van der Waals surface area contributed by atoms with E-state index >= 15 is 0 Å². The smallest absolute Gasteiger partial charge is 0.338 e. The molecule has 2 atom stereocenters. The Bertz CT molecular complexity index is 1210. The molecule has 2 N–H and O–H groups in total. The van der Waals surface area contributed by atoms with Gasteiger partial charge in [0.25, 0.3) is 0 Å². The van der Waals surface area contributed by atoms with E-state index in [1.54, 1.807) is 12.1 Å². The Morgan fingerprint density at radius 3 is 2.26 bits per heavy atom. The number of β-amino-alcohol motifs (C(OH)–C–C–N with tert-alkyl or cyclic N) is 2. The molecule has 184 valence electrons. The Morgan fingerprint density at radius 1 is 0.971 bits per heavy atom. The molecule has 1 fully saturated rings. The van der Waals surface area contributed by atoms with Gasteiger partial charge in [-0.15, -0.1) is 5.10 Å². The first-order chi connectivity index (χ1) is 16.9. The number of benzene rings is 1. The molecule has 2 aromatic heterocycles. The number of aliphatic hydroxyl groups excluding tert-OH is 2. The van der Waals surface area contributed by atoms with E-state index < -0.39 is 12.2 Å². The summed E-state index contributed by atoms with van der Waals surface area (Å²) < 4.78 is 6.61. The minimum atomic E-state index is -0.651. The lowest BCUT2D eigenvalue weighted by atomic mass is 9.95. The van der Waals surface area contributed by atoms with Gasteiger partial charge in [0.1, 0.15) is 12.9 Å². The van der Waals surface area contributed by atoms with Crippen molar-refractivity contribution in [3.05, 3.63) is 64.1 Å². The maximum Gasteiger partial charge on any atom is 0.338 e. The Balaban J connectivity index is 1.14. The molecule has 11 nitrogen and oxygen atoms in total. The molecule has 0 radical (unpaired) electrons. The molecule has 5 rings (SSSR count). The van der Waals surface area contributed by atoms with E-state index in [1.165, 1.54) is 11.0 Å². The van der Waals surface area contributed by atoms with Crippen molar-refractivity contribution < 1.29 is 19.7 Å². The molecule has 0 aliphatic carbocycles. The second kappa shape index (κ2) is 9.78. The number of carbonyl (C=O) groups excluding carboxylic acids is 1. The van der Waals surface area contributed by atoms with Gasteiger partial charge in [-0.3, -0.25) is 9.80 Å². The van der Waals surface area contributed by atoms with Crippen LogP contribution in [-0.2, 0) is 11.3 Å². The topological polar surface area (TPSA) is 130 Å². The van der Waals surface area contributed by atoms with Gasteiger partial charge in [0.2, 0.25) is 0 Å². The van der Waals surface area contributed by atoms with Gasteiger partial charge in [-0.2, -0.15) is 4.68 Å². The van der Waals surface area contributed by atoms with Crippen molar-refractivity contribution in [1.29, 1.82) is 0 Å². The van der Waals surface area contributed by atoms with Gasteiger partial charge >= 0.3 is 5.97 Å². The first-order valence-corrected chi connectivity index (χ1v) is 11.7. The predicted molar refractivity (Wildman–Crippen MR) is 125 cm³/mol. The summed E-state index contributed by atoms with van der Waals surface area (Å²) in [7, 11) is 0. The molecule has 1 saturated heterocycles. The van der Waals surface area contributed by atoms with Crippen molar-refractivity contribution in [3.8, 4) is 5.82 Å². The van der Waals surface area contributed by atoms with Gasteiger partial charge in [-0.1, -0.05) is 12.1 Å². The van der Waals surface area contributed by atoms with Crippen LogP contribution in [0.2, 0.25) is 0 Å². The number of carbonyl (C=O) groups is 1. The number of aliphatic hydroxyl groups is 2. The molecule has 35 heavy (non-hydrogen) atoms. The number of fused-ring (bicyclic) bond motifs is 1. The summed E-state index contributed by atoms with van der Waals surface area (Å²) in [5.74, 6) is 0.310. The van der Waals surface area contributed by atoms with E-state index in [0.29, 0.717) is 24.5 Å². The molecular formula is C24H29N7O4. The molecular weight excluding hydrogens is 450 g/mol. The van der Waals surface area contributed by atoms with E-state index in [4.69, 9.17) is 4.74 Å². The van der Waals surface area contributed by atoms with Crippen LogP contribution in [0.4, 0.5) is 0 Å². The number of pyridine rings is 1. The number of piperazine rings is 1. The van der Waals surface area contributed by atoms with Crippen molar-refractivity contribution >= 4 is 5.97 Å². The molecule has 0 saturated carbocycles. The monoisotopic (exact) mass is 479 g/mol. The molecule has 2 aliphatic heterocycles. The highest BCUT2D eigenvalue weighted by molar-refractivity contribution is 5.93. The minimum absolute atomic E-state index is 0.275. The molecule has 4 heterocycles. The van der Waals surface area contributed by atoms with E-state index in [2.05, 4.69) is 30.3 Å². The molecule has 3 aromatic rings. The third-order valence-electron chi connectivity index (χ3n) is 6.95. The SMILES string of the molecule is Cc1nc(-n2cnnn2)ccc1[C@@H](O)CN1CCN(C[C@H](O)c2ccc3c(c2C)COC3=O)CC1. The number of nitrogens with zero attached hydrogens (tertiary/aromatic N) is 7. The largest absolute Gasteiger partial charge is 0.457 e. The van der Waals surface area contributed by atoms with Crippen LogP contribution in [-0.4, -0.2) is 90.4 Å². The Hall–Kier alpha value is -3.25. The summed E-state index contributed by atoms with van der Waals surface area (Å²) in [4.78, 5) is 20.7. The number of rotatable bonds is 7. The number of hydrogen-bond donors (Lipinski definition) is 2. The van der Waals surface area contributed by atoms with Gasteiger partial charge in [-0.05, 0) is 47.5 Å². The number of esters is 1. The fourth-order valence-corrected chi connectivity index (χ4v) is 4.87. The highest BCUT2D eigenvalue weighted by Gasteiger charge is 2.27. The van der Waals surface area contributed by atoms with Crippen LogP contribution in [0, 0.1) is 13.8 Å². The molecule has 11 heteroatoms. The predicted octanol–water partition coefficient (Wildman–Crippen LogP) is 0.729. The minimum Gasteiger partial charge on any atom is -0.457 e. The second-order valence-electron chi connectivity index (χ2n) is 9.11. The summed E-state index contributed by atoms with van der Waals surface area (Å²) in [6, 6.07) is 7.25. The van der Waals surface area contributed by atoms with Crippen molar-refractivity contribution in [2.75, 3.05) is 39.3 Å². The summed E-state index contributed by atoms with van der Waals surface area (Å²) in [6.07, 6.45) is 0.192. The highest BCUT2D eigenvalue weighted by Crippen LogP contribution is 2.29. The highest BCUT2D eigenvalue weighted by atomic mass is 16.5. The van der Waals surface area contributed by atoms with E-state index in [0.717, 1.165) is 54.1 Å². The van der Waals surface area contributed by atoms with Gasteiger partial charge in [0.05, 0.1) is 17.8 Å². The van der Waals surface area contributed by atoms with Crippen LogP contribution in [0.15, 0.2) is 30.6 Å². The summed E-state index contributed by atoms with van der Waals surface area (Å²) >= 11 is 0. The Morgan fingerprint density at radius 2 is 1.63 bits per heavy atom. The van der Waals surface area contributed by atoms with Crippen LogP contribution < -0.4 is 0 Å². The third-order valence-corrected chi connectivity index (χ3v) is 6.95. The average Bonchev–Trinajstić information content (AvgIpc) is 3.51. The average molecular weight is 480 g/mol. The number of ether oxygens (including phenoxy) is 1. The van der Waals surface area contributed by atoms with Crippen molar-refractivity contribution in [1.82, 2.24) is 35.0 Å². The molecule has 0 unspecified atom stereocenters. The maximum absolute atomic E-state index is 11.8. The molecule has 0 spiro atoms. The van der Waals surface area contributed by atoms with Gasteiger partial charge in [0, 0.05) is 56.1 Å². The van der Waals surface area contributed by atoms with Crippen LogP contribution in [0.5, 0.6) is 0 Å². The lowest BCUT2D eigenvalue weighted by molar-refractivity contribution is 0.0478. The van der Waals surface area contributed by atoms with Crippen LogP contribution in [0.3, 0.4) is 0 Å². The first kappa shape index (κ1) is 23.5. The van der Waals surface area contributed by atoms with E-state index in [1.807, 2.05) is 26.0 Å². The number of aromatic nitrogens is 5. The zero-order valence-corrected chi connectivity index (χ0v) is 19.8. The third kappa shape index (κ3) is 4.80. The normalized spacial score (nSPS) is 18.3. The van der Waals surface area contributed by atoms with Crippen molar-refractivity contribution in [2.45, 2.75) is 32.7 Å². The number of hydrogen-bond acceptors (Lipinski definition) is 10. The molecule has 2 aliphatic rings. The number of aryl methyl sites for hydroxylation is 1. The standard InChI is InChI=1S/C24H29N7O4/c1-15-17(3-4-19-20(15)13-35-24(19)34)21(32)11-29-7-9-30(10-8-29)12-22(33)18-5-6-23(26-16(18)2)31-14-25-27-28-31/h3-6,14,21-22,32-33H,7-13H2,1-2H3/t21-,22-/m0/s1. The Labute approximate surface area is 202 Å². The van der Waals surface area contributed by atoms with Gasteiger partial charge < -0.3 is 14.9 Å². The fourth-order valence-electron chi connectivity index (χ4n) is 4.87. The molecule has 1 aromatic carbocycles. The maximum atomic E-state index is 11.8. The lowest BCUT2D eigenvalue weighted by Crippen LogP contribution is -2.48. The van der Waals surface area contributed by atoms with Crippen LogP contribution >= 0.6 is 0 Å². The number of tetrazole rings is 1. The van der Waals surface area contributed by atoms with E-state index in [9.17, 15) is 15.0 Å². The van der Waals surface area contributed by atoms with Gasteiger partial charge in [-0.25, -0.2) is 9.78 Å². The fraction of sp³-hybridized carbons (Fsp3) is 0.458. The molecule has 0 bridgehead atoms. The number of cyclic esters (lactones) is 1. The summed E-state index contributed by atoms with van der Waals surface area (Å²) in [5, 5.41) is 32.8. The first-order valence-electron chi connectivity index (χ1n) is 11.7. The van der Waals surface area contributed by atoms with Crippen molar-refractivity contribution in [3.63, 3.8) is 0 Å². The molecule has 0 amide bonds. The Kier molecular flexibility index (Phi) is 6.56. The summed E-state index contributed by atoms with van der Waals surface area (Å²) in [6.45, 7) is 8.30. The van der Waals surface area contributed by atoms with Gasteiger partial charge in [0.15, 0.2) is 5.82 Å². The second-order valence-corrected chi connectivity index (χ2v) is 9.11. The quantitative estimate of drug-likeness (QED) is 0.468. The zero-order chi connectivity index (χ0) is 24.5. The van der Waals surface area contributed by atoms with E-state index in [-0.39, 0.29) is 12.6 Å². The lowest BCUT2D eigenvalue weighted by Gasteiger charge is -2.36. The van der Waals surface area contributed by atoms with Crippen molar-refractivity contribution in [2.24, 2.45) is 0 Å². The van der Waals surface area contributed by atoms with Crippen LogP contribution in [0.1, 0.15) is 50.5 Å².